The van der Waals surface area contributed by atoms with Crippen molar-refractivity contribution in [1.82, 2.24) is 10.2 Å². The molecule has 1 aliphatic carbocycles. The van der Waals surface area contributed by atoms with Gasteiger partial charge >= 0.3 is 0 Å². The summed E-state index contributed by atoms with van der Waals surface area (Å²) >= 11 is 0. The fraction of sp³-hybridized carbons (Fsp3) is 0.625. The highest BCUT2D eigenvalue weighted by Gasteiger charge is 2.42. The van der Waals surface area contributed by atoms with Crippen LogP contribution in [0.1, 0.15) is 29.5 Å². The normalized spacial score (nSPS) is 17.2. The van der Waals surface area contributed by atoms with Gasteiger partial charge in [0.05, 0.1) is 0 Å². The van der Waals surface area contributed by atoms with Crippen molar-refractivity contribution < 1.29 is 0 Å². The van der Waals surface area contributed by atoms with E-state index in [9.17, 15) is 0 Å². The van der Waals surface area contributed by atoms with E-state index in [1.807, 2.05) is 0 Å². The Bertz CT molecular complexity index is 408. The number of aryl methyl sites for hydroxylation is 2. The van der Waals surface area contributed by atoms with Crippen molar-refractivity contribution >= 4 is 0 Å². The highest BCUT2D eigenvalue weighted by molar-refractivity contribution is 5.30. The molecule has 0 spiro atoms. The summed E-state index contributed by atoms with van der Waals surface area (Å²) in [5.74, 6) is 0. The average Bonchev–Trinajstić information content (AvgIpc) is 3.03. The van der Waals surface area contributed by atoms with Crippen molar-refractivity contribution in [3.63, 3.8) is 0 Å². The van der Waals surface area contributed by atoms with E-state index in [-0.39, 0.29) is 0 Å². The molecule has 0 atom stereocenters. The molecule has 0 amide bonds. The number of rotatable bonds is 6. The molecule has 1 N–H and O–H groups in total. The van der Waals surface area contributed by atoms with Crippen molar-refractivity contribution in [2.75, 3.05) is 27.2 Å². The standard InChI is InChI=1S/C16H26N2/c1-13-5-6-14(2)15(9-13)10-18(4)12-16(7-8-16)11-17-3/h5-6,9,17H,7-8,10-12H2,1-4H3. The lowest BCUT2D eigenvalue weighted by Gasteiger charge is -2.24. The first-order valence-electron chi connectivity index (χ1n) is 6.94. The Morgan fingerprint density at radius 3 is 2.61 bits per heavy atom. The molecular weight excluding hydrogens is 220 g/mol. The van der Waals surface area contributed by atoms with Gasteiger partial charge in [-0.25, -0.2) is 0 Å². The van der Waals surface area contributed by atoms with Crippen LogP contribution < -0.4 is 5.32 Å². The lowest BCUT2D eigenvalue weighted by atomic mass is 10.0. The van der Waals surface area contributed by atoms with Crippen molar-refractivity contribution in [1.29, 1.82) is 0 Å². The fourth-order valence-electron chi connectivity index (χ4n) is 2.83. The molecule has 0 heterocycles. The van der Waals surface area contributed by atoms with Crippen LogP contribution in [0.5, 0.6) is 0 Å². The molecule has 0 aliphatic heterocycles. The minimum atomic E-state index is 0.557. The molecule has 0 radical (unpaired) electrons. The molecule has 0 aromatic heterocycles. The second-order valence-corrected chi connectivity index (χ2v) is 6.13. The maximum absolute atomic E-state index is 3.33. The van der Waals surface area contributed by atoms with Crippen LogP contribution in [0.25, 0.3) is 0 Å². The molecule has 1 aromatic carbocycles. The van der Waals surface area contributed by atoms with Crippen LogP contribution in [0.2, 0.25) is 0 Å². The summed E-state index contributed by atoms with van der Waals surface area (Å²) in [6.45, 7) is 7.82. The van der Waals surface area contributed by atoms with Crippen LogP contribution in [-0.2, 0) is 6.54 Å². The number of benzene rings is 1. The van der Waals surface area contributed by atoms with Crippen molar-refractivity contribution in [2.45, 2.75) is 33.2 Å². The van der Waals surface area contributed by atoms with Crippen LogP contribution in [0.15, 0.2) is 18.2 Å². The first kappa shape index (κ1) is 13.6. The minimum Gasteiger partial charge on any atom is -0.319 e. The zero-order valence-corrected chi connectivity index (χ0v) is 12.2. The topological polar surface area (TPSA) is 15.3 Å². The van der Waals surface area contributed by atoms with E-state index in [2.05, 4.69) is 56.4 Å². The van der Waals surface area contributed by atoms with Crippen LogP contribution in [0, 0.1) is 19.3 Å². The fourth-order valence-corrected chi connectivity index (χ4v) is 2.83. The van der Waals surface area contributed by atoms with Gasteiger partial charge in [-0.15, -0.1) is 0 Å². The van der Waals surface area contributed by atoms with Gasteiger partial charge in [0.2, 0.25) is 0 Å². The third-order valence-corrected chi connectivity index (χ3v) is 4.06. The van der Waals surface area contributed by atoms with Gasteiger partial charge in [0.25, 0.3) is 0 Å². The van der Waals surface area contributed by atoms with Crippen LogP contribution >= 0.6 is 0 Å². The van der Waals surface area contributed by atoms with Gasteiger partial charge in [-0.3, -0.25) is 0 Å². The monoisotopic (exact) mass is 246 g/mol. The third-order valence-electron chi connectivity index (χ3n) is 4.06. The average molecular weight is 246 g/mol. The molecule has 1 fully saturated rings. The highest BCUT2D eigenvalue weighted by Crippen LogP contribution is 2.45. The molecule has 0 bridgehead atoms. The Kier molecular flexibility index (Phi) is 4.08. The molecule has 18 heavy (non-hydrogen) atoms. The molecule has 1 aliphatic rings. The molecular formula is C16H26N2. The van der Waals surface area contributed by atoms with Crippen molar-refractivity contribution in [3.05, 3.63) is 34.9 Å². The summed E-state index contributed by atoms with van der Waals surface area (Å²) in [4.78, 5) is 2.48. The van der Waals surface area contributed by atoms with Crippen LogP contribution in [-0.4, -0.2) is 32.1 Å². The van der Waals surface area contributed by atoms with Gasteiger partial charge in [-0.1, -0.05) is 23.8 Å². The van der Waals surface area contributed by atoms with E-state index >= 15 is 0 Å². The smallest absolute Gasteiger partial charge is 0.0233 e. The second kappa shape index (κ2) is 5.41. The Morgan fingerprint density at radius 1 is 1.28 bits per heavy atom. The summed E-state index contributed by atoms with van der Waals surface area (Å²) in [6.07, 6.45) is 2.76. The third kappa shape index (κ3) is 3.33. The predicted octanol–water partition coefficient (Wildman–Crippen LogP) is 2.73. The Hall–Kier alpha value is -0.860. The van der Waals surface area contributed by atoms with Gasteiger partial charge in [-0.05, 0) is 57.3 Å². The lowest BCUT2D eigenvalue weighted by molar-refractivity contribution is 0.252. The molecule has 1 saturated carbocycles. The molecule has 100 valence electrons. The maximum atomic E-state index is 3.33. The molecule has 2 heteroatoms. The first-order chi connectivity index (χ1) is 8.54. The Balaban J connectivity index is 1.94. The molecule has 2 nitrogen and oxygen atoms in total. The summed E-state index contributed by atoms with van der Waals surface area (Å²) in [5.41, 5.74) is 4.80. The minimum absolute atomic E-state index is 0.557. The van der Waals surface area contributed by atoms with Gasteiger partial charge in [0.15, 0.2) is 0 Å². The van der Waals surface area contributed by atoms with E-state index in [0.29, 0.717) is 5.41 Å². The highest BCUT2D eigenvalue weighted by atomic mass is 15.1. The number of hydrogen-bond donors (Lipinski definition) is 1. The predicted molar refractivity (Wildman–Crippen MR) is 77.8 cm³/mol. The SMILES string of the molecule is CNCC1(CN(C)Cc2cc(C)ccc2C)CC1. The van der Waals surface area contributed by atoms with Gasteiger partial charge in [0, 0.05) is 19.6 Å². The number of nitrogens with one attached hydrogen (secondary N) is 1. The Morgan fingerprint density at radius 2 is 2.00 bits per heavy atom. The summed E-state index contributed by atoms with van der Waals surface area (Å²) in [5, 5.41) is 3.33. The lowest BCUT2D eigenvalue weighted by Crippen LogP contribution is -2.32. The number of hydrogen-bond acceptors (Lipinski definition) is 2. The van der Waals surface area contributed by atoms with Gasteiger partial charge < -0.3 is 10.2 Å². The van der Waals surface area contributed by atoms with Crippen molar-refractivity contribution in [2.24, 2.45) is 5.41 Å². The van der Waals surface area contributed by atoms with E-state index in [0.717, 1.165) is 13.1 Å². The number of nitrogens with zero attached hydrogens (tertiary/aromatic N) is 1. The van der Waals surface area contributed by atoms with Crippen LogP contribution in [0.3, 0.4) is 0 Å². The largest absolute Gasteiger partial charge is 0.319 e. The summed E-state index contributed by atoms with van der Waals surface area (Å²) < 4.78 is 0. The summed E-state index contributed by atoms with van der Waals surface area (Å²) in [7, 11) is 4.31. The zero-order valence-electron chi connectivity index (χ0n) is 12.2. The van der Waals surface area contributed by atoms with Gasteiger partial charge in [0.1, 0.15) is 0 Å². The molecule has 0 unspecified atom stereocenters. The second-order valence-electron chi connectivity index (χ2n) is 6.13. The van der Waals surface area contributed by atoms with Crippen molar-refractivity contribution in [3.8, 4) is 0 Å². The van der Waals surface area contributed by atoms with Gasteiger partial charge in [-0.2, -0.15) is 0 Å². The molecule has 1 aromatic rings. The molecule has 2 rings (SSSR count). The van der Waals surface area contributed by atoms with E-state index in [1.165, 1.54) is 36.1 Å². The van der Waals surface area contributed by atoms with Crippen LogP contribution in [0.4, 0.5) is 0 Å². The maximum Gasteiger partial charge on any atom is 0.0233 e. The quantitative estimate of drug-likeness (QED) is 0.830. The van der Waals surface area contributed by atoms with E-state index in [4.69, 9.17) is 0 Å². The molecule has 0 saturated heterocycles. The summed E-state index contributed by atoms with van der Waals surface area (Å²) in [6, 6.07) is 6.75. The Labute approximate surface area is 111 Å². The first-order valence-corrected chi connectivity index (χ1v) is 6.94. The zero-order chi connectivity index (χ0) is 13.2. The van der Waals surface area contributed by atoms with E-state index < -0.39 is 0 Å². The van der Waals surface area contributed by atoms with E-state index in [1.54, 1.807) is 0 Å².